The molecule has 25 heavy (non-hydrogen) atoms. The molecule has 1 saturated heterocycles. The molecular weight excluding hydrogens is 330 g/mol. The zero-order chi connectivity index (χ0) is 17.3. The Morgan fingerprint density at radius 2 is 2.00 bits per heavy atom. The number of morpholine rings is 1. The average molecular weight is 358 g/mol. The Hall–Kier alpha value is -1.17. The molecule has 1 unspecified atom stereocenters. The van der Waals surface area contributed by atoms with Crippen LogP contribution in [0.1, 0.15) is 38.9 Å². The maximum absolute atomic E-state index is 5.45. The van der Waals surface area contributed by atoms with Gasteiger partial charge in [-0.05, 0) is 30.7 Å². The third-order valence-corrected chi connectivity index (χ3v) is 6.56. The predicted octanol–water partition coefficient (Wildman–Crippen LogP) is 4.13. The van der Waals surface area contributed by atoms with E-state index < -0.39 is 0 Å². The molecule has 4 nitrogen and oxygen atoms in total. The lowest BCUT2D eigenvalue weighted by Gasteiger charge is -2.26. The Morgan fingerprint density at radius 3 is 2.76 bits per heavy atom. The van der Waals surface area contributed by atoms with Crippen molar-refractivity contribution in [3.63, 3.8) is 0 Å². The average Bonchev–Trinajstić information content (AvgIpc) is 2.94. The lowest BCUT2D eigenvalue weighted by atomic mass is 9.92. The Kier molecular flexibility index (Phi) is 4.98. The minimum absolute atomic E-state index is 0.469. The third kappa shape index (κ3) is 4.15. The van der Waals surface area contributed by atoms with Crippen LogP contribution in [0.15, 0.2) is 29.3 Å². The number of nitrogens with zero attached hydrogens (tertiary/aromatic N) is 3. The van der Waals surface area contributed by atoms with E-state index in [1.54, 1.807) is 0 Å². The molecule has 2 aliphatic rings. The first-order valence-corrected chi connectivity index (χ1v) is 10.2. The molecule has 0 amide bonds. The zero-order valence-electron chi connectivity index (χ0n) is 15.2. The van der Waals surface area contributed by atoms with Crippen molar-refractivity contribution >= 4 is 22.7 Å². The zero-order valence-corrected chi connectivity index (χ0v) is 16.0. The molecular formula is C20H27N3OS. The number of ether oxygens (including phenoxy) is 1. The Bertz CT molecular complexity index is 743. The molecule has 2 fully saturated rings. The Labute approximate surface area is 154 Å². The minimum atomic E-state index is 0.469. The monoisotopic (exact) mass is 357 g/mol. The van der Waals surface area contributed by atoms with Crippen LogP contribution in [0.25, 0.3) is 10.9 Å². The van der Waals surface area contributed by atoms with Crippen molar-refractivity contribution in [3.05, 3.63) is 30.1 Å². The molecule has 1 aliphatic carbocycles. The molecule has 1 saturated carbocycles. The summed E-state index contributed by atoms with van der Waals surface area (Å²) in [5, 5.41) is 3.03. The van der Waals surface area contributed by atoms with E-state index in [-0.39, 0.29) is 0 Å². The number of aromatic nitrogens is 2. The van der Waals surface area contributed by atoms with Gasteiger partial charge in [-0.15, -0.1) is 11.8 Å². The van der Waals surface area contributed by atoms with Gasteiger partial charge in [0.1, 0.15) is 10.9 Å². The van der Waals surface area contributed by atoms with Crippen molar-refractivity contribution in [2.24, 2.45) is 5.41 Å². The van der Waals surface area contributed by atoms with Crippen LogP contribution in [0.2, 0.25) is 0 Å². The predicted molar refractivity (Wildman–Crippen MR) is 103 cm³/mol. The van der Waals surface area contributed by atoms with E-state index in [2.05, 4.69) is 43.0 Å². The Balaban J connectivity index is 1.59. The second-order valence-electron chi connectivity index (χ2n) is 8.00. The van der Waals surface area contributed by atoms with Gasteiger partial charge in [0.2, 0.25) is 0 Å². The van der Waals surface area contributed by atoms with E-state index in [9.17, 15) is 0 Å². The molecule has 1 aromatic carbocycles. The van der Waals surface area contributed by atoms with Crippen LogP contribution >= 0.6 is 11.8 Å². The van der Waals surface area contributed by atoms with Gasteiger partial charge in [0, 0.05) is 23.7 Å². The highest BCUT2D eigenvalue weighted by molar-refractivity contribution is 8.00. The molecule has 4 rings (SSSR count). The highest BCUT2D eigenvalue weighted by Crippen LogP contribution is 2.45. The lowest BCUT2D eigenvalue weighted by Crippen LogP contribution is -2.36. The van der Waals surface area contributed by atoms with Gasteiger partial charge in [-0.3, -0.25) is 4.90 Å². The standard InChI is InChI=1S/C20H27N3OS/c1-20(2)8-7-15(13-20)25-19-16-5-3-4-6-17(16)21-18(22-19)14-23-9-11-24-12-10-23/h3-6,15H,7-14H2,1-2H3. The van der Waals surface area contributed by atoms with Crippen LogP contribution < -0.4 is 0 Å². The highest BCUT2D eigenvalue weighted by Gasteiger charge is 2.32. The van der Waals surface area contributed by atoms with Crippen LogP contribution in [-0.4, -0.2) is 46.4 Å². The summed E-state index contributed by atoms with van der Waals surface area (Å²) in [5.74, 6) is 0.945. The van der Waals surface area contributed by atoms with Gasteiger partial charge in [-0.1, -0.05) is 32.0 Å². The molecule has 0 N–H and O–H groups in total. The number of thioether (sulfide) groups is 1. The number of hydrogen-bond acceptors (Lipinski definition) is 5. The number of para-hydroxylation sites is 1. The molecule has 1 aliphatic heterocycles. The van der Waals surface area contributed by atoms with E-state index in [4.69, 9.17) is 14.7 Å². The second-order valence-corrected chi connectivity index (χ2v) is 9.29. The molecule has 0 spiro atoms. The van der Waals surface area contributed by atoms with Gasteiger partial charge in [0.05, 0.1) is 25.3 Å². The summed E-state index contributed by atoms with van der Waals surface area (Å²) < 4.78 is 5.45. The summed E-state index contributed by atoms with van der Waals surface area (Å²) in [6, 6.07) is 8.44. The van der Waals surface area contributed by atoms with E-state index in [0.717, 1.165) is 49.2 Å². The number of fused-ring (bicyclic) bond motifs is 1. The molecule has 0 bridgehead atoms. The molecule has 2 aromatic rings. The van der Waals surface area contributed by atoms with Gasteiger partial charge in [0.25, 0.3) is 0 Å². The summed E-state index contributed by atoms with van der Waals surface area (Å²) in [6.07, 6.45) is 3.87. The number of hydrogen-bond donors (Lipinski definition) is 0. The Morgan fingerprint density at radius 1 is 1.20 bits per heavy atom. The molecule has 0 radical (unpaired) electrons. The molecule has 1 atom stereocenters. The topological polar surface area (TPSA) is 38.2 Å². The smallest absolute Gasteiger partial charge is 0.144 e. The van der Waals surface area contributed by atoms with E-state index in [1.807, 2.05) is 11.8 Å². The second kappa shape index (κ2) is 7.22. The van der Waals surface area contributed by atoms with E-state index >= 15 is 0 Å². The van der Waals surface area contributed by atoms with Crippen molar-refractivity contribution < 1.29 is 4.74 Å². The van der Waals surface area contributed by atoms with E-state index in [1.165, 1.54) is 24.6 Å². The first-order valence-electron chi connectivity index (χ1n) is 9.31. The lowest BCUT2D eigenvalue weighted by molar-refractivity contribution is 0.0330. The summed E-state index contributed by atoms with van der Waals surface area (Å²) in [5.41, 5.74) is 1.54. The molecule has 2 heterocycles. The fourth-order valence-electron chi connectivity index (χ4n) is 3.84. The summed E-state index contributed by atoms with van der Waals surface area (Å²) >= 11 is 1.96. The van der Waals surface area contributed by atoms with Crippen LogP contribution in [0, 0.1) is 5.41 Å². The summed E-state index contributed by atoms with van der Waals surface area (Å²) in [7, 11) is 0. The first-order chi connectivity index (χ1) is 12.1. The summed E-state index contributed by atoms with van der Waals surface area (Å²) in [4.78, 5) is 12.2. The number of rotatable bonds is 4. The highest BCUT2D eigenvalue weighted by atomic mass is 32.2. The fourth-order valence-corrected chi connectivity index (χ4v) is 5.39. The van der Waals surface area contributed by atoms with Gasteiger partial charge < -0.3 is 4.74 Å². The van der Waals surface area contributed by atoms with Crippen LogP contribution in [0.5, 0.6) is 0 Å². The normalized spacial score (nSPS) is 24.0. The quantitative estimate of drug-likeness (QED) is 0.769. The van der Waals surface area contributed by atoms with Gasteiger partial charge >= 0.3 is 0 Å². The maximum Gasteiger partial charge on any atom is 0.144 e. The van der Waals surface area contributed by atoms with Crippen LogP contribution in [0.4, 0.5) is 0 Å². The molecule has 1 aromatic heterocycles. The van der Waals surface area contributed by atoms with Crippen molar-refractivity contribution in [1.82, 2.24) is 14.9 Å². The van der Waals surface area contributed by atoms with Crippen LogP contribution in [0.3, 0.4) is 0 Å². The molecule has 5 heteroatoms. The van der Waals surface area contributed by atoms with Gasteiger partial charge in [0.15, 0.2) is 0 Å². The van der Waals surface area contributed by atoms with Crippen molar-refractivity contribution in [2.45, 2.75) is 49.9 Å². The van der Waals surface area contributed by atoms with Crippen molar-refractivity contribution in [1.29, 1.82) is 0 Å². The van der Waals surface area contributed by atoms with Crippen molar-refractivity contribution in [2.75, 3.05) is 26.3 Å². The maximum atomic E-state index is 5.45. The fraction of sp³-hybridized carbons (Fsp3) is 0.600. The van der Waals surface area contributed by atoms with Gasteiger partial charge in [-0.2, -0.15) is 0 Å². The third-order valence-electron chi connectivity index (χ3n) is 5.28. The summed E-state index contributed by atoms with van der Waals surface area (Å²) in [6.45, 7) is 9.15. The molecule has 134 valence electrons. The van der Waals surface area contributed by atoms with E-state index in [0.29, 0.717) is 10.7 Å². The van der Waals surface area contributed by atoms with Crippen LogP contribution in [-0.2, 0) is 11.3 Å². The van der Waals surface area contributed by atoms with Crippen molar-refractivity contribution in [3.8, 4) is 0 Å². The SMILES string of the molecule is CC1(C)CCC(Sc2nc(CN3CCOCC3)nc3ccccc23)C1. The van der Waals surface area contributed by atoms with Gasteiger partial charge in [-0.25, -0.2) is 9.97 Å². The minimum Gasteiger partial charge on any atom is -0.379 e. The first kappa shape index (κ1) is 17.3. The largest absolute Gasteiger partial charge is 0.379 e. The number of benzene rings is 1.